The molecule has 0 amide bonds. The van der Waals surface area contributed by atoms with Crippen LogP contribution in [0.25, 0.3) is 0 Å². The Bertz CT molecular complexity index is 596. The lowest BCUT2D eigenvalue weighted by Gasteiger charge is -2.10. The number of hydrogen-bond donors (Lipinski definition) is 0. The summed E-state index contributed by atoms with van der Waals surface area (Å²) in [7, 11) is 0. The third-order valence-corrected chi connectivity index (χ3v) is 2.72. The molecule has 0 N–H and O–H groups in total. The van der Waals surface area contributed by atoms with Crippen LogP contribution in [0.5, 0.6) is 11.5 Å². The molecule has 0 aliphatic rings. The highest BCUT2D eigenvalue weighted by Crippen LogP contribution is 2.33. The van der Waals surface area contributed by atoms with Gasteiger partial charge in [-0.15, -0.1) is 0 Å². The van der Waals surface area contributed by atoms with Crippen LogP contribution in [0.4, 0.5) is 4.39 Å². The van der Waals surface area contributed by atoms with Crippen molar-refractivity contribution in [3.63, 3.8) is 0 Å². The standard InChI is InChI=1S/C14H10ClFO2/c1-9-5-6-12(16)13(7-9)18-14-10(8-17)3-2-4-11(14)15/h2-8H,1H3. The first-order chi connectivity index (χ1) is 8.61. The summed E-state index contributed by atoms with van der Waals surface area (Å²) < 4.78 is 19.0. The summed E-state index contributed by atoms with van der Waals surface area (Å²) in [5, 5.41) is 0.264. The predicted octanol–water partition coefficient (Wildman–Crippen LogP) is 4.39. The van der Waals surface area contributed by atoms with Crippen LogP contribution in [0, 0.1) is 12.7 Å². The van der Waals surface area contributed by atoms with Crippen LogP contribution in [-0.2, 0) is 0 Å². The van der Waals surface area contributed by atoms with Gasteiger partial charge in [0.1, 0.15) is 0 Å². The number of hydrogen-bond acceptors (Lipinski definition) is 2. The molecule has 2 aromatic rings. The number of para-hydroxylation sites is 1. The molecule has 2 aromatic carbocycles. The first kappa shape index (κ1) is 12.6. The second-order valence-electron chi connectivity index (χ2n) is 3.81. The molecule has 0 heterocycles. The van der Waals surface area contributed by atoms with Crippen molar-refractivity contribution in [3.05, 3.63) is 58.4 Å². The number of aryl methyl sites for hydroxylation is 1. The maximum atomic E-state index is 13.6. The van der Waals surface area contributed by atoms with Crippen LogP contribution in [0.1, 0.15) is 15.9 Å². The Morgan fingerprint density at radius 1 is 1.28 bits per heavy atom. The Hall–Kier alpha value is -1.87. The van der Waals surface area contributed by atoms with E-state index in [2.05, 4.69) is 0 Å². The summed E-state index contributed by atoms with van der Waals surface area (Å²) in [6.45, 7) is 1.82. The highest BCUT2D eigenvalue weighted by atomic mass is 35.5. The monoisotopic (exact) mass is 264 g/mol. The van der Waals surface area contributed by atoms with E-state index in [0.717, 1.165) is 5.56 Å². The maximum absolute atomic E-state index is 13.6. The second kappa shape index (κ2) is 5.19. The van der Waals surface area contributed by atoms with Gasteiger partial charge in [0.2, 0.25) is 0 Å². The van der Waals surface area contributed by atoms with E-state index in [1.807, 2.05) is 6.92 Å². The molecule has 2 nitrogen and oxygen atoms in total. The number of carbonyl (C=O) groups excluding carboxylic acids is 1. The Morgan fingerprint density at radius 3 is 2.78 bits per heavy atom. The molecule has 0 spiro atoms. The molecule has 0 unspecified atom stereocenters. The average molecular weight is 265 g/mol. The van der Waals surface area contributed by atoms with E-state index in [9.17, 15) is 9.18 Å². The molecule has 0 radical (unpaired) electrons. The van der Waals surface area contributed by atoms with Crippen LogP contribution in [-0.4, -0.2) is 6.29 Å². The van der Waals surface area contributed by atoms with Crippen LogP contribution in [0.15, 0.2) is 36.4 Å². The van der Waals surface area contributed by atoms with Crippen LogP contribution < -0.4 is 4.74 Å². The normalized spacial score (nSPS) is 10.2. The molecule has 18 heavy (non-hydrogen) atoms. The Labute approximate surface area is 109 Å². The first-order valence-electron chi connectivity index (χ1n) is 5.29. The van der Waals surface area contributed by atoms with Gasteiger partial charge in [-0.2, -0.15) is 0 Å². The third kappa shape index (κ3) is 2.51. The highest BCUT2D eigenvalue weighted by Gasteiger charge is 2.11. The van der Waals surface area contributed by atoms with Crippen LogP contribution >= 0.6 is 11.6 Å². The van der Waals surface area contributed by atoms with Crippen molar-refractivity contribution in [2.24, 2.45) is 0 Å². The molecule has 2 rings (SSSR count). The number of aldehydes is 1. The van der Waals surface area contributed by atoms with E-state index in [-0.39, 0.29) is 22.1 Å². The van der Waals surface area contributed by atoms with Crippen LogP contribution in [0.2, 0.25) is 5.02 Å². The van der Waals surface area contributed by atoms with E-state index < -0.39 is 5.82 Å². The van der Waals surface area contributed by atoms with Gasteiger partial charge in [-0.25, -0.2) is 4.39 Å². The predicted molar refractivity (Wildman–Crippen MR) is 68.1 cm³/mol. The highest BCUT2D eigenvalue weighted by molar-refractivity contribution is 6.32. The summed E-state index contributed by atoms with van der Waals surface area (Å²) in [5.74, 6) is -0.290. The molecule has 92 valence electrons. The Morgan fingerprint density at radius 2 is 2.06 bits per heavy atom. The fourth-order valence-corrected chi connectivity index (χ4v) is 1.75. The van der Waals surface area contributed by atoms with E-state index in [1.54, 1.807) is 30.3 Å². The number of ether oxygens (including phenoxy) is 1. The van der Waals surface area contributed by atoms with Gasteiger partial charge in [0.25, 0.3) is 0 Å². The van der Waals surface area contributed by atoms with E-state index in [4.69, 9.17) is 16.3 Å². The van der Waals surface area contributed by atoms with Gasteiger partial charge in [0.15, 0.2) is 23.6 Å². The zero-order valence-corrected chi connectivity index (χ0v) is 10.4. The lowest BCUT2D eigenvalue weighted by atomic mass is 10.2. The second-order valence-corrected chi connectivity index (χ2v) is 4.22. The quantitative estimate of drug-likeness (QED) is 0.769. The fourth-order valence-electron chi connectivity index (χ4n) is 1.52. The lowest BCUT2D eigenvalue weighted by molar-refractivity contribution is 0.112. The van der Waals surface area contributed by atoms with E-state index in [0.29, 0.717) is 6.29 Å². The third-order valence-electron chi connectivity index (χ3n) is 2.42. The van der Waals surface area contributed by atoms with Crippen molar-refractivity contribution in [1.82, 2.24) is 0 Å². The summed E-state index contributed by atoms with van der Waals surface area (Å²) >= 11 is 5.94. The summed E-state index contributed by atoms with van der Waals surface area (Å²) in [6.07, 6.45) is 0.620. The number of carbonyl (C=O) groups is 1. The molecule has 0 aliphatic heterocycles. The molecule has 4 heteroatoms. The molecule has 0 atom stereocenters. The van der Waals surface area contributed by atoms with Crippen molar-refractivity contribution in [1.29, 1.82) is 0 Å². The minimum Gasteiger partial charge on any atom is -0.452 e. The minimum atomic E-state index is -0.502. The van der Waals surface area contributed by atoms with Gasteiger partial charge < -0.3 is 4.74 Å². The fraction of sp³-hybridized carbons (Fsp3) is 0.0714. The molecule has 0 saturated carbocycles. The van der Waals surface area contributed by atoms with Crippen molar-refractivity contribution in [2.75, 3.05) is 0 Å². The van der Waals surface area contributed by atoms with E-state index >= 15 is 0 Å². The molecule has 0 saturated heterocycles. The van der Waals surface area contributed by atoms with Crippen molar-refractivity contribution in [3.8, 4) is 11.5 Å². The first-order valence-corrected chi connectivity index (χ1v) is 5.67. The lowest BCUT2D eigenvalue weighted by Crippen LogP contribution is -1.94. The topological polar surface area (TPSA) is 26.3 Å². The van der Waals surface area contributed by atoms with Gasteiger partial charge >= 0.3 is 0 Å². The average Bonchev–Trinajstić information content (AvgIpc) is 2.36. The van der Waals surface area contributed by atoms with Gasteiger partial charge in [0.05, 0.1) is 10.6 Å². The number of benzene rings is 2. The summed E-state index contributed by atoms with van der Waals surface area (Å²) in [4.78, 5) is 10.9. The van der Waals surface area contributed by atoms with Crippen molar-refractivity contribution >= 4 is 17.9 Å². The molecule has 0 aliphatic carbocycles. The summed E-state index contributed by atoms with van der Waals surface area (Å²) in [6, 6.07) is 9.26. The van der Waals surface area contributed by atoms with Gasteiger partial charge in [0, 0.05) is 0 Å². The molecular formula is C14H10ClFO2. The minimum absolute atomic E-state index is 0.0474. The van der Waals surface area contributed by atoms with Crippen molar-refractivity contribution in [2.45, 2.75) is 6.92 Å². The van der Waals surface area contributed by atoms with Gasteiger partial charge in [-0.1, -0.05) is 23.7 Å². The maximum Gasteiger partial charge on any atom is 0.165 e. The molecule has 0 fully saturated rings. The zero-order valence-electron chi connectivity index (χ0n) is 9.61. The SMILES string of the molecule is Cc1ccc(F)c(Oc2c(Cl)cccc2C=O)c1. The number of rotatable bonds is 3. The molecular weight excluding hydrogens is 255 g/mol. The Kier molecular flexibility index (Phi) is 3.63. The largest absolute Gasteiger partial charge is 0.452 e. The van der Waals surface area contributed by atoms with Gasteiger partial charge in [-0.05, 0) is 36.8 Å². The van der Waals surface area contributed by atoms with Gasteiger partial charge in [-0.3, -0.25) is 4.79 Å². The molecule has 0 bridgehead atoms. The Balaban J connectivity index is 2.45. The zero-order chi connectivity index (χ0) is 13.1. The summed E-state index contributed by atoms with van der Waals surface area (Å²) in [5.41, 5.74) is 1.13. The van der Waals surface area contributed by atoms with Crippen molar-refractivity contribution < 1.29 is 13.9 Å². The smallest absolute Gasteiger partial charge is 0.165 e. The van der Waals surface area contributed by atoms with E-state index in [1.165, 1.54) is 6.07 Å². The van der Waals surface area contributed by atoms with Crippen LogP contribution in [0.3, 0.4) is 0 Å². The number of halogens is 2. The molecule has 0 aromatic heterocycles.